The van der Waals surface area contributed by atoms with Crippen molar-refractivity contribution >= 4 is 22.5 Å². The molecule has 0 bridgehead atoms. The van der Waals surface area contributed by atoms with Crippen LogP contribution in [-0.2, 0) is 6.54 Å². The average molecular weight is 255 g/mol. The smallest absolute Gasteiger partial charge is 0.148 e. The molecule has 19 heavy (non-hydrogen) atoms. The first kappa shape index (κ1) is 11.5. The van der Waals surface area contributed by atoms with Crippen molar-refractivity contribution in [2.24, 2.45) is 0 Å². The molecule has 0 amide bonds. The number of anilines is 2. The molecule has 0 unspecified atom stereocenters. The summed E-state index contributed by atoms with van der Waals surface area (Å²) in [5, 5.41) is 0.975. The van der Waals surface area contributed by atoms with E-state index in [1.807, 2.05) is 42.2 Å². The van der Waals surface area contributed by atoms with E-state index in [1.165, 1.54) is 5.56 Å². The maximum atomic E-state index is 6.02. The number of nitrogens with zero attached hydrogens (tertiary/aromatic N) is 2. The van der Waals surface area contributed by atoms with Gasteiger partial charge >= 0.3 is 0 Å². The zero-order chi connectivity index (χ0) is 13.4. The molecule has 0 spiro atoms. The van der Waals surface area contributed by atoms with Crippen molar-refractivity contribution in [3.63, 3.8) is 0 Å². The van der Waals surface area contributed by atoms with E-state index < -0.39 is 0 Å². The number of nitrogens with one attached hydrogen (secondary N) is 1. The van der Waals surface area contributed by atoms with Crippen LogP contribution in [-0.4, -0.2) is 16.3 Å². The van der Waals surface area contributed by atoms with Gasteiger partial charge in [0.15, 0.2) is 0 Å². The summed E-state index contributed by atoms with van der Waals surface area (Å²) >= 11 is 0. The van der Waals surface area contributed by atoms with Crippen molar-refractivity contribution in [3.05, 3.63) is 48.2 Å². The van der Waals surface area contributed by atoms with Crippen LogP contribution < -0.4 is 16.9 Å². The fraction of sp³-hybridized carbons (Fsp3) is 0.143. The third-order valence-electron chi connectivity index (χ3n) is 3.37. The highest BCUT2D eigenvalue weighted by atomic mass is 15.4. The number of hydrogen-bond donors (Lipinski definition) is 3. The Bertz CT molecular complexity index is 708. The van der Waals surface area contributed by atoms with Gasteiger partial charge in [0.05, 0.1) is 5.69 Å². The molecule has 0 atom stereocenters. The Morgan fingerprint density at radius 3 is 2.53 bits per heavy atom. The minimum absolute atomic E-state index is 0.551. The molecule has 0 saturated carbocycles. The molecule has 0 saturated heterocycles. The van der Waals surface area contributed by atoms with Crippen LogP contribution >= 0.6 is 0 Å². The third kappa shape index (κ3) is 1.71. The standard InChI is InChI=1S/C14H17N5/c1-17-19-13(16)12(15)11-7-8-18(14(11)19)9-10-5-3-2-4-6-10/h2-8,17H,9,15-16H2,1H3. The highest BCUT2D eigenvalue weighted by Crippen LogP contribution is 2.30. The number of nitrogens with two attached hydrogens (primary N) is 2. The van der Waals surface area contributed by atoms with Crippen LogP contribution in [0.2, 0.25) is 0 Å². The van der Waals surface area contributed by atoms with E-state index in [0.29, 0.717) is 11.5 Å². The largest absolute Gasteiger partial charge is 0.395 e. The Morgan fingerprint density at radius 2 is 1.84 bits per heavy atom. The van der Waals surface area contributed by atoms with E-state index in [1.54, 1.807) is 0 Å². The van der Waals surface area contributed by atoms with Gasteiger partial charge in [0.1, 0.15) is 11.5 Å². The van der Waals surface area contributed by atoms with Crippen molar-refractivity contribution in [1.29, 1.82) is 0 Å². The molecule has 2 aromatic heterocycles. The number of nitrogen functional groups attached to an aromatic ring is 2. The molecule has 0 aliphatic rings. The van der Waals surface area contributed by atoms with Crippen LogP contribution in [0.5, 0.6) is 0 Å². The predicted molar refractivity (Wildman–Crippen MR) is 79.6 cm³/mol. The van der Waals surface area contributed by atoms with Crippen LogP contribution in [0.3, 0.4) is 0 Å². The van der Waals surface area contributed by atoms with Crippen LogP contribution in [0.25, 0.3) is 11.0 Å². The number of rotatable bonds is 3. The number of benzene rings is 1. The summed E-state index contributed by atoms with van der Waals surface area (Å²) in [6.07, 6.45) is 2.03. The van der Waals surface area contributed by atoms with Crippen molar-refractivity contribution in [2.75, 3.05) is 23.9 Å². The zero-order valence-electron chi connectivity index (χ0n) is 10.8. The molecule has 5 nitrogen and oxygen atoms in total. The van der Waals surface area contributed by atoms with E-state index >= 15 is 0 Å². The fourth-order valence-corrected chi connectivity index (χ4v) is 2.43. The van der Waals surface area contributed by atoms with Gasteiger partial charge in [0, 0.05) is 25.2 Å². The van der Waals surface area contributed by atoms with Crippen LogP contribution in [0.4, 0.5) is 11.5 Å². The predicted octanol–water partition coefficient (Wildman–Crippen LogP) is 1.83. The second-order valence-electron chi connectivity index (χ2n) is 4.52. The number of hydrogen-bond acceptors (Lipinski definition) is 3. The molecule has 0 aliphatic heterocycles. The first-order chi connectivity index (χ1) is 9.22. The van der Waals surface area contributed by atoms with Gasteiger partial charge < -0.3 is 21.5 Å². The third-order valence-corrected chi connectivity index (χ3v) is 3.37. The van der Waals surface area contributed by atoms with Gasteiger partial charge in [-0.15, -0.1) is 0 Å². The number of fused-ring (bicyclic) bond motifs is 1. The Hall–Kier alpha value is -2.56. The SMILES string of the molecule is CNn1c(N)c(N)c2ccn(Cc3ccccc3)c21. The lowest BCUT2D eigenvalue weighted by atomic mass is 10.2. The van der Waals surface area contributed by atoms with Crippen molar-refractivity contribution in [1.82, 2.24) is 9.24 Å². The average Bonchev–Trinajstić information content (AvgIpc) is 2.93. The molecule has 2 heterocycles. The fourth-order valence-electron chi connectivity index (χ4n) is 2.43. The van der Waals surface area contributed by atoms with Gasteiger partial charge in [-0.25, -0.2) is 4.68 Å². The summed E-state index contributed by atoms with van der Waals surface area (Å²) < 4.78 is 3.95. The Labute approximate surface area is 111 Å². The Kier molecular flexibility index (Phi) is 2.59. The second kappa shape index (κ2) is 4.28. The minimum Gasteiger partial charge on any atom is -0.395 e. The van der Waals surface area contributed by atoms with Gasteiger partial charge in [0.2, 0.25) is 0 Å². The lowest BCUT2D eigenvalue weighted by molar-refractivity contribution is 0.798. The maximum absolute atomic E-state index is 6.02. The summed E-state index contributed by atoms with van der Waals surface area (Å²) in [5.41, 5.74) is 17.9. The van der Waals surface area contributed by atoms with Crippen LogP contribution in [0, 0.1) is 0 Å². The summed E-state index contributed by atoms with van der Waals surface area (Å²) in [7, 11) is 1.83. The lowest BCUT2D eigenvalue weighted by Crippen LogP contribution is -2.15. The molecular weight excluding hydrogens is 238 g/mol. The van der Waals surface area contributed by atoms with Gasteiger partial charge in [0.25, 0.3) is 0 Å². The molecule has 3 aromatic rings. The maximum Gasteiger partial charge on any atom is 0.148 e. The van der Waals surface area contributed by atoms with Crippen molar-refractivity contribution in [3.8, 4) is 0 Å². The quantitative estimate of drug-likeness (QED) is 0.668. The lowest BCUT2D eigenvalue weighted by Gasteiger charge is -2.10. The van der Waals surface area contributed by atoms with E-state index in [-0.39, 0.29) is 0 Å². The van der Waals surface area contributed by atoms with E-state index in [4.69, 9.17) is 11.5 Å². The summed E-state index contributed by atoms with van der Waals surface area (Å²) in [6, 6.07) is 12.3. The molecular formula is C14H17N5. The summed E-state index contributed by atoms with van der Waals surface area (Å²) in [4.78, 5) is 0. The Morgan fingerprint density at radius 1 is 1.11 bits per heavy atom. The van der Waals surface area contributed by atoms with Crippen LogP contribution in [0.15, 0.2) is 42.6 Å². The molecule has 98 valence electrons. The molecule has 0 radical (unpaired) electrons. The van der Waals surface area contributed by atoms with Crippen molar-refractivity contribution < 1.29 is 0 Å². The second-order valence-corrected chi connectivity index (χ2v) is 4.52. The molecule has 5 heteroatoms. The Balaban J connectivity index is 2.12. The zero-order valence-corrected chi connectivity index (χ0v) is 10.8. The van der Waals surface area contributed by atoms with E-state index in [2.05, 4.69) is 22.1 Å². The summed E-state index contributed by atoms with van der Waals surface area (Å²) in [6.45, 7) is 0.787. The first-order valence-electron chi connectivity index (χ1n) is 6.18. The van der Waals surface area contributed by atoms with Crippen molar-refractivity contribution in [2.45, 2.75) is 6.54 Å². The summed E-state index contributed by atoms with van der Waals surface area (Å²) in [5.74, 6) is 0.551. The van der Waals surface area contributed by atoms with Gasteiger partial charge in [-0.3, -0.25) is 0 Å². The molecule has 5 N–H and O–H groups in total. The number of aromatic nitrogens is 2. The van der Waals surface area contributed by atoms with Crippen LogP contribution in [0.1, 0.15) is 5.56 Å². The minimum atomic E-state index is 0.551. The van der Waals surface area contributed by atoms with Gasteiger partial charge in [-0.2, -0.15) is 0 Å². The topological polar surface area (TPSA) is 73.9 Å². The molecule has 3 rings (SSSR count). The molecule has 0 fully saturated rings. The normalized spacial score (nSPS) is 11.0. The highest BCUT2D eigenvalue weighted by molar-refractivity contribution is 5.97. The van der Waals surface area contributed by atoms with Gasteiger partial charge in [-0.05, 0) is 11.6 Å². The monoisotopic (exact) mass is 255 g/mol. The van der Waals surface area contributed by atoms with Gasteiger partial charge in [-0.1, -0.05) is 30.3 Å². The van der Waals surface area contributed by atoms with E-state index in [9.17, 15) is 0 Å². The highest BCUT2D eigenvalue weighted by Gasteiger charge is 2.15. The molecule has 0 aliphatic carbocycles. The van der Waals surface area contributed by atoms with E-state index in [0.717, 1.165) is 17.6 Å². The molecule has 1 aromatic carbocycles. The first-order valence-corrected chi connectivity index (χ1v) is 6.18.